The monoisotopic (exact) mass is 676 g/mol. The number of hydrogen-bond acceptors (Lipinski definition) is 7. The van der Waals surface area contributed by atoms with Crippen molar-refractivity contribution in [3.63, 3.8) is 0 Å². The number of nitrogens with two attached hydrogens (primary N) is 1. The summed E-state index contributed by atoms with van der Waals surface area (Å²) in [5.41, 5.74) is 10.2. The Hall–Kier alpha value is -4.81. The Morgan fingerprint density at radius 1 is 0.896 bits per heavy atom. The van der Waals surface area contributed by atoms with Crippen molar-refractivity contribution in [2.45, 2.75) is 57.3 Å². The van der Waals surface area contributed by atoms with E-state index < -0.39 is 18.2 Å². The van der Waals surface area contributed by atoms with Crippen molar-refractivity contribution in [1.82, 2.24) is 10.3 Å². The summed E-state index contributed by atoms with van der Waals surface area (Å²) >= 11 is 1.35. The Morgan fingerprint density at radius 3 is 2.21 bits per heavy atom. The van der Waals surface area contributed by atoms with Crippen LogP contribution in [0.2, 0.25) is 0 Å². The van der Waals surface area contributed by atoms with Gasteiger partial charge >= 0.3 is 12.1 Å². The number of hydrogen-bond donors (Lipinski definition) is 4. The van der Waals surface area contributed by atoms with Crippen molar-refractivity contribution in [2.75, 3.05) is 5.32 Å². The molecule has 1 aliphatic carbocycles. The van der Waals surface area contributed by atoms with E-state index in [9.17, 15) is 22.8 Å². The number of carbonyl (C=O) groups excluding carboxylic acids is 2. The number of ketones is 1. The lowest BCUT2D eigenvalue weighted by atomic mass is 9.86. The van der Waals surface area contributed by atoms with Crippen LogP contribution in [0.3, 0.4) is 0 Å². The molecule has 1 fully saturated rings. The maximum atomic E-state index is 13.9. The summed E-state index contributed by atoms with van der Waals surface area (Å²) in [6, 6.07) is 27.2. The lowest BCUT2D eigenvalue weighted by Gasteiger charge is -2.23. The first-order valence-electron chi connectivity index (χ1n) is 15.6. The molecule has 0 bridgehead atoms. The van der Waals surface area contributed by atoms with Crippen molar-refractivity contribution >= 4 is 61.4 Å². The standard InChI is InChI=1S/C34H34N4O2S.C2HF3O2/c35-21-23-10-12-25(13-11-23)32(38-31(39)18-22-6-2-1-3-7-22)33(40)34-37-29-17-16-28(20-30(29)41-34)36-27-15-14-24-8-4-5-9-26(24)19-27;3-2(4,5)1(6)7/h4-5,8-17,19-20,22,32,36H,1-3,6-7,18,21,35H2,(H,38,39);(H,6,7). The van der Waals surface area contributed by atoms with E-state index in [0.29, 0.717) is 23.9 Å². The summed E-state index contributed by atoms with van der Waals surface area (Å²) in [6.45, 7) is 0.417. The van der Waals surface area contributed by atoms with Gasteiger partial charge in [-0.3, -0.25) is 9.59 Å². The van der Waals surface area contributed by atoms with Crippen LogP contribution in [0.1, 0.15) is 65.5 Å². The third-order valence-corrected chi connectivity index (χ3v) is 9.23. The lowest BCUT2D eigenvalue weighted by Crippen LogP contribution is -2.35. The van der Waals surface area contributed by atoms with Gasteiger partial charge in [-0.25, -0.2) is 9.78 Å². The van der Waals surface area contributed by atoms with E-state index in [0.717, 1.165) is 45.6 Å². The zero-order chi connectivity index (χ0) is 34.3. The van der Waals surface area contributed by atoms with Crippen molar-refractivity contribution in [3.05, 3.63) is 101 Å². The number of fused-ring (bicyclic) bond motifs is 2. The quantitative estimate of drug-likeness (QED) is 0.115. The largest absolute Gasteiger partial charge is 0.490 e. The van der Waals surface area contributed by atoms with E-state index in [1.165, 1.54) is 41.4 Å². The number of Topliss-reactive ketones (excluding diaryl/α,β-unsaturated/α-hetero) is 1. The molecule has 5 aromatic rings. The van der Waals surface area contributed by atoms with Crippen molar-refractivity contribution in [2.24, 2.45) is 11.7 Å². The van der Waals surface area contributed by atoms with E-state index in [4.69, 9.17) is 15.6 Å². The molecule has 0 aliphatic heterocycles. The highest BCUT2D eigenvalue weighted by molar-refractivity contribution is 7.20. The fourth-order valence-corrected chi connectivity index (χ4v) is 6.66. The molecule has 1 saturated carbocycles. The topological polar surface area (TPSA) is 134 Å². The van der Waals surface area contributed by atoms with Gasteiger partial charge in [0, 0.05) is 24.3 Å². The summed E-state index contributed by atoms with van der Waals surface area (Å²) in [5, 5.41) is 16.4. The first kappa shape index (κ1) is 34.5. The number of carboxylic acid groups (broad SMARTS) is 1. The van der Waals surface area contributed by atoms with Gasteiger partial charge in [-0.15, -0.1) is 11.3 Å². The molecule has 8 nitrogen and oxygen atoms in total. The van der Waals surface area contributed by atoms with Gasteiger partial charge in [0.1, 0.15) is 6.04 Å². The van der Waals surface area contributed by atoms with Crippen LogP contribution in [0.4, 0.5) is 24.5 Å². The Kier molecular flexibility index (Phi) is 11.1. The zero-order valence-electron chi connectivity index (χ0n) is 25.9. The van der Waals surface area contributed by atoms with Crippen LogP contribution in [-0.2, 0) is 16.1 Å². The molecule has 5 N–H and O–H groups in total. The molecule has 0 spiro atoms. The van der Waals surface area contributed by atoms with Crippen LogP contribution in [-0.4, -0.2) is 33.9 Å². The zero-order valence-corrected chi connectivity index (χ0v) is 26.7. The molecule has 1 heterocycles. The van der Waals surface area contributed by atoms with Gasteiger partial charge in [0.2, 0.25) is 11.7 Å². The summed E-state index contributed by atoms with van der Waals surface area (Å²) < 4.78 is 32.6. The number of nitrogens with zero attached hydrogens (tertiary/aromatic N) is 1. The normalized spacial score (nSPS) is 14.2. The number of rotatable bonds is 9. The number of nitrogens with one attached hydrogen (secondary N) is 2. The number of benzene rings is 4. The van der Waals surface area contributed by atoms with Crippen LogP contribution in [0, 0.1) is 5.92 Å². The van der Waals surface area contributed by atoms with Crippen LogP contribution < -0.4 is 16.4 Å². The van der Waals surface area contributed by atoms with Gasteiger partial charge in [-0.1, -0.05) is 73.9 Å². The molecule has 250 valence electrons. The number of alkyl halides is 3. The highest BCUT2D eigenvalue weighted by Gasteiger charge is 2.38. The molecule has 0 saturated heterocycles. The van der Waals surface area contributed by atoms with Crippen molar-refractivity contribution in [3.8, 4) is 0 Å². The third-order valence-electron chi connectivity index (χ3n) is 8.19. The SMILES string of the molecule is NCc1ccc(C(NC(=O)CC2CCCCC2)C(=O)c2nc3ccc(Nc4ccc5ccccc5c4)cc3s2)cc1.O=C(O)C(F)(F)F. The van der Waals surface area contributed by atoms with E-state index in [1.807, 2.05) is 54.6 Å². The van der Waals surface area contributed by atoms with Gasteiger partial charge in [-0.2, -0.15) is 13.2 Å². The average Bonchev–Trinajstić information content (AvgIpc) is 3.51. The average molecular weight is 677 g/mol. The predicted molar refractivity (Wildman–Crippen MR) is 181 cm³/mol. The van der Waals surface area contributed by atoms with E-state index in [-0.39, 0.29) is 11.7 Å². The molecular formula is C36H35F3N4O4S. The number of aliphatic carboxylic acids is 1. The fraction of sp³-hybridized carbons (Fsp3) is 0.278. The van der Waals surface area contributed by atoms with Gasteiger partial charge < -0.3 is 21.5 Å². The molecule has 1 amide bonds. The van der Waals surface area contributed by atoms with Gasteiger partial charge in [0.05, 0.1) is 10.2 Å². The molecule has 48 heavy (non-hydrogen) atoms. The second-order valence-electron chi connectivity index (χ2n) is 11.7. The fourth-order valence-electron chi connectivity index (χ4n) is 5.68. The Bertz CT molecular complexity index is 1900. The summed E-state index contributed by atoms with van der Waals surface area (Å²) in [4.78, 5) is 40.6. The first-order valence-corrected chi connectivity index (χ1v) is 16.4. The number of anilines is 2. The first-order chi connectivity index (χ1) is 23.0. The molecular weight excluding hydrogens is 641 g/mol. The highest BCUT2D eigenvalue weighted by Crippen LogP contribution is 2.31. The van der Waals surface area contributed by atoms with Crippen molar-refractivity contribution in [1.29, 1.82) is 0 Å². The molecule has 1 atom stereocenters. The molecule has 12 heteroatoms. The number of carbonyl (C=O) groups is 3. The molecule has 1 aromatic heterocycles. The Morgan fingerprint density at radius 2 is 1.54 bits per heavy atom. The maximum absolute atomic E-state index is 13.9. The molecule has 0 radical (unpaired) electrons. The second kappa shape index (κ2) is 15.4. The molecule has 1 aliphatic rings. The lowest BCUT2D eigenvalue weighted by molar-refractivity contribution is -0.192. The van der Waals surface area contributed by atoms with E-state index in [1.54, 1.807) is 0 Å². The van der Waals surface area contributed by atoms with Crippen LogP contribution in [0.25, 0.3) is 21.0 Å². The predicted octanol–water partition coefficient (Wildman–Crippen LogP) is 8.30. The Balaban J connectivity index is 0.000000582. The Labute approximate surface area is 279 Å². The number of thiazole rings is 1. The van der Waals surface area contributed by atoms with E-state index >= 15 is 0 Å². The number of aromatic nitrogens is 1. The smallest absolute Gasteiger partial charge is 0.475 e. The van der Waals surface area contributed by atoms with Crippen molar-refractivity contribution < 1.29 is 32.7 Å². The third kappa shape index (κ3) is 8.96. The minimum atomic E-state index is -5.08. The maximum Gasteiger partial charge on any atom is 0.490 e. The summed E-state index contributed by atoms with van der Waals surface area (Å²) in [6.07, 6.45) is 1.10. The number of amides is 1. The minimum absolute atomic E-state index is 0.0823. The molecule has 4 aromatic carbocycles. The molecule has 6 rings (SSSR count). The van der Waals surface area contributed by atoms with Gasteiger partial charge in [0.25, 0.3) is 0 Å². The summed E-state index contributed by atoms with van der Waals surface area (Å²) in [7, 11) is 0. The van der Waals surface area contributed by atoms with Crippen LogP contribution in [0.5, 0.6) is 0 Å². The highest BCUT2D eigenvalue weighted by atomic mass is 32.1. The van der Waals surface area contributed by atoms with Crippen LogP contribution in [0.15, 0.2) is 84.9 Å². The van der Waals surface area contributed by atoms with Gasteiger partial charge in [-0.05, 0) is 71.0 Å². The van der Waals surface area contributed by atoms with E-state index in [2.05, 4.69) is 45.9 Å². The minimum Gasteiger partial charge on any atom is -0.475 e. The number of halogens is 3. The van der Waals surface area contributed by atoms with Gasteiger partial charge in [0.15, 0.2) is 5.01 Å². The second-order valence-corrected chi connectivity index (χ2v) is 12.7. The number of carboxylic acids is 1. The van der Waals surface area contributed by atoms with Crippen LogP contribution >= 0.6 is 11.3 Å². The molecule has 1 unspecified atom stereocenters. The summed E-state index contributed by atoms with van der Waals surface area (Å²) in [5.74, 6) is -2.66.